The van der Waals surface area contributed by atoms with Crippen LogP contribution in [-0.4, -0.2) is 37.8 Å². The first kappa shape index (κ1) is 14.4. The van der Waals surface area contributed by atoms with E-state index in [1.165, 1.54) is 19.2 Å². The standard InChI is InChI=1S/C13H12F3NO3/c1-19-12(18)9-4-2-8(3-5-9)11-17-7-10(20-11)6-13(14,15)16/h2-5,10H,6-7H2,1H3. The first-order valence-corrected chi connectivity index (χ1v) is 5.85. The summed E-state index contributed by atoms with van der Waals surface area (Å²) in [4.78, 5) is 15.2. The first-order chi connectivity index (χ1) is 9.39. The lowest BCUT2D eigenvalue weighted by Gasteiger charge is -2.13. The van der Waals surface area contributed by atoms with Crippen LogP contribution in [0, 0.1) is 0 Å². The van der Waals surface area contributed by atoms with E-state index in [0.717, 1.165) is 0 Å². The van der Waals surface area contributed by atoms with Gasteiger partial charge < -0.3 is 9.47 Å². The molecule has 0 fully saturated rings. The van der Waals surface area contributed by atoms with Gasteiger partial charge in [0.15, 0.2) is 0 Å². The monoisotopic (exact) mass is 287 g/mol. The fourth-order valence-electron chi connectivity index (χ4n) is 1.81. The number of carbonyl (C=O) groups excluding carboxylic acids is 1. The molecule has 2 rings (SSSR count). The second-order valence-electron chi connectivity index (χ2n) is 4.27. The number of aliphatic imine (C=N–C) groups is 1. The minimum absolute atomic E-state index is 0.0202. The van der Waals surface area contributed by atoms with Crippen LogP contribution in [0.2, 0.25) is 0 Å². The van der Waals surface area contributed by atoms with Crippen LogP contribution in [0.1, 0.15) is 22.3 Å². The molecule has 1 atom stereocenters. The van der Waals surface area contributed by atoms with Crippen molar-refractivity contribution >= 4 is 11.9 Å². The van der Waals surface area contributed by atoms with Gasteiger partial charge in [0.1, 0.15) is 6.10 Å². The van der Waals surface area contributed by atoms with E-state index in [1.54, 1.807) is 12.1 Å². The predicted octanol–water partition coefficient (Wildman–Crippen LogP) is 2.57. The minimum Gasteiger partial charge on any atom is -0.472 e. The van der Waals surface area contributed by atoms with Crippen molar-refractivity contribution in [1.29, 1.82) is 0 Å². The van der Waals surface area contributed by atoms with E-state index in [2.05, 4.69) is 9.73 Å². The first-order valence-electron chi connectivity index (χ1n) is 5.85. The third kappa shape index (κ3) is 3.49. The lowest BCUT2D eigenvalue weighted by molar-refractivity contribution is -0.149. The Morgan fingerprint density at radius 1 is 1.40 bits per heavy atom. The Hall–Kier alpha value is -2.05. The third-order valence-corrected chi connectivity index (χ3v) is 2.73. The quantitative estimate of drug-likeness (QED) is 0.803. The Morgan fingerprint density at radius 2 is 2.05 bits per heavy atom. The zero-order chi connectivity index (χ0) is 14.8. The number of ether oxygens (including phenoxy) is 2. The number of esters is 1. The van der Waals surface area contributed by atoms with Crippen molar-refractivity contribution in [3.8, 4) is 0 Å². The molecule has 0 bridgehead atoms. The summed E-state index contributed by atoms with van der Waals surface area (Å²) in [6.07, 6.45) is -6.28. The Kier molecular flexibility index (Phi) is 3.96. The van der Waals surface area contributed by atoms with E-state index >= 15 is 0 Å². The summed E-state index contributed by atoms with van der Waals surface area (Å²) >= 11 is 0. The number of hydrogen-bond donors (Lipinski definition) is 0. The maximum atomic E-state index is 12.2. The molecule has 1 aliphatic heterocycles. The Labute approximate surface area is 113 Å². The molecule has 0 aromatic heterocycles. The topological polar surface area (TPSA) is 47.9 Å². The highest BCUT2D eigenvalue weighted by Gasteiger charge is 2.35. The minimum atomic E-state index is -4.27. The molecule has 1 heterocycles. The molecule has 1 aliphatic rings. The van der Waals surface area contributed by atoms with Gasteiger partial charge in [0.05, 0.1) is 25.6 Å². The lowest BCUT2D eigenvalue weighted by Crippen LogP contribution is -2.22. The third-order valence-electron chi connectivity index (χ3n) is 2.73. The van der Waals surface area contributed by atoms with Gasteiger partial charge in [-0.25, -0.2) is 9.79 Å². The summed E-state index contributed by atoms with van der Waals surface area (Å²) in [5, 5.41) is 0. The van der Waals surface area contributed by atoms with Crippen LogP contribution in [-0.2, 0) is 9.47 Å². The average molecular weight is 287 g/mol. The zero-order valence-electron chi connectivity index (χ0n) is 10.6. The summed E-state index contributed by atoms with van der Waals surface area (Å²) < 4.78 is 46.4. The zero-order valence-corrected chi connectivity index (χ0v) is 10.6. The van der Waals surface area contributed by atoms with Crippen molar-refractivity contribution in [2.45, 2.75) is 18.7 Å². The fraction of sp³-hybridized carbons (Fsp3) is 0.385. The van der Waals surface area contributed by atoms with Gasteiger partial charge >= 0.3 is 12.1 Å². The molecular formula is C13H12F3NO3. The number of carbonyl (C=O) groups is 1. The van der Waals surface area contributed by atoms with Crippen molar-refractivity contribution in [3.05, 3.63) is 35.4 Å². The molecule has 20 heavy (non-hydrogen) atoms. The molecule has 4 nitrogen and oxygen atoms in total. The van der Waals surface area contributed by atoms with E-state index in [4.69, 9.17) is 4.74 Å². The fourth-order valence-corrected chi connectivity index (χ4v) is 1.81. The Bertz CT molecular complexity index is 523. The molecule has 0 spiro atoms. The van der Waals surface area contributed by atoms with Crippen LogP contribution in [0.15, 0.2) is 29.3 Å². The summed E-state index contributed by atoms with van der Waals surface area (Å²) in [6.45, 7) is -0.0202. The van der Waals surface area contributed by atoms with E-state index in [-0.39, 0.29) is 12.4 Å². The molecule has 0 saturated carbocycles. The number of benzene rings is 1. The molecule has 0 radical (unpaired) electrons. The number of rotatable bonds is 3. The van der Waals surface area contributed by atoms with Crippen LogP contribution < -0.4 is 0 Å². The van der Waals surface area contributed by atoms with Gasteiger partial charge in [0, 0.05) is 5.56 Å². The van der Waals surface area contributed by atoms with Gasteiger partial charge in [-0.15, -0.1) is 0 Å². The molecule has 1 aromatic rings. The van der Waals surface area contributed by atoms with Gasteiger partial charge in [-0.1, -0.05) is 0 Å². The van der Waals surface area contributed by atoms with Crippen molar-refractivity contribution < 1.29 is 27.4 Å². The number of halogens is 3. The van der Waals surface area contributed by atoms with Gasteiger partial charge in [-0.05, 0) is 24.3 Å². The van der Waals surface area contributed by atoms with Crippen molar-refractivity contribution in [2.24, 2.45) is 4.99 Å². The highest BCUT2D eigenvalue weighted by molar-refractivity contribution is 5.96. The Balaban J connectivity index is 2.02. The second-order valence-corrected chi connectivity index (χ2v) is 4.27. The smallest absolute Gasteiger partial charge is 0.392 e. The molecule has 7 heteroatoms. The van der Waals surface area contributed by atoms with Gasteiger partial charge in [-0.3, -0.25) is 0 Å². The van der Waals surface area contributed by atoms with Crippen LogP contribution in [0.4, 0.5) is 13.2 Å². The SMILES string of the molecule is COC(=O)c1ccc(C2=NCC(CC(F)(F)F)O2)cc1. The Morgan fingerprint density at radius 3 is 2.60 bits per heavy atom. The summed E-state index contributed by atoms with van der Waals surface area (Å²) in [6, 6.07) is 6.12. The van der Waals surface area contributed by atoms with Gasteiger partial charge in [-0.2, -0.15) is 13.2 Å². The van der Waals surface area contributed by atoms with Crippen LogP contribution >= 0.6 is 0 Å². The van der Waals surface area contributed by atoms with E-state index < -0.39 is 24.7 Å². The highest BCUT2D eigenvalue weighted by Crippen LogP contribution is 2.26. The highest BCUT2D eigenvalue weighted by atomic mass is 19.4. The molecular weight excluding hydrogens is 275 g/mol. The molecule has 1 unspecified atom stereocenters. The molecule has 1 aromatic carbocycles. The summed E-state index contributed by atoms with van der Waals surface area (Å²) in [5.74, 6) is -0.323. The molecule has 0 N–H and O–H groups in total. The lowest BCUT2D eigenvalue weighted by atomic mass is 10.1. The van der Waals surface area contributed by atoms with Gasteiger partial charge in [0.25, 0.3) is 0 Å². The van der Waals surface area contributed by atoms with Crippen molar-refractivity contribution in [3.63, 3.8) is 0 Å². The van der Waals surface area contributed by atoms with Crippen molar-refractivity contribution in [1.82, 2.24) is 0 Å². The number of alkyl halides is 3. The predicted molar refractivity (Wildman–Crippen MR) is 64.7 cm³/mol. The average Bonchev–Trinajstić information content (AvgIpc) is 2.84. The molecule has 0 saturated heterocycles. The van der Waals surface area contributed by atoms with E-state index in [9.17, 15) is 18.0 Å². The maximum Gasteiger partial charge on any atom is 0.392 e. The second kappa shape index (κ2) is 5.52. The maximum absolute atomic E-state index is 12.2. The molecule has 0 aliphatic carbocycles. The number of methoxy groups -OCH3 is 1. The van der Waals surface area contributed by atoms with Crippen LogP contribution in [0.3, 0.4) is 0 Å². The molecule has 0 amide bonds. The largest absolute Gasteiger partial charge is 0.472 e. The van der Waals surface area contributed by atoms with Crippen molar-refractivity contribution in [2.75, 3.05) is 13.7 Å². The number of hydrogen-bond acceptors (Lipinski definition) is 4. The summed E-state index contributed by atoms with van der Waals surface area (Å²) in [7, 11) is 1.27. The van der Waals surface area contributed by atoms with Crippen LogP contribution in [0.25, 0.3) is 0 Å². The number of nitrogens with zero attached hydrogens (tertiary/aromatic N) is 1. The normalized spacial score (nSPS) is 18.4. The molecule has 108 valence electrons. The van der Waals surface area contributed by atoms with Gasteiger partial charge in [0.2, 0.25) is 5.90 Å². The van der Waals surface area contributed by atoms with Crippen LogP contribution in [0.5, 0.6) is 0 Å². The summed E-state index contributed by atoms with van der Waals surface area (Å²) in [5.41, 5.74) is 0.879. The van der Waals surface area contributed by atoms with E-state index in [0.29, 0.717) is 11.1 Å². The van der Waals surface area contributed by atoms with E-state index in [1.807, 2.05) is 0 Å².